The topological polar surface area (TPSA) is 261 Å². The average Bonchev–Trinajstić information content (AvgIpc) is 3.84. The summed E-state index contributed by atoms with van der Waals surface area (Å²) >= 11 is 0. The third-order valence-corrected chi connectivity index (χ3v) is 11.7. The normalized spacial score (nSPS) is 27.2. The van der Waals surface area contributed by atoms with E-state index in [1.807, 2.05) is 30.3 Å². The molecule has 0 radical (unpaired) electrons. The van der Waals surface area contributed by atoms with Gasteiger partial charge >= 0.3 is 0 Å². The maximum atomic E-state index is 14.5. The highest BCUT2D eigenvalue weighted by atomic mass is 16.2. The van der Waals surface area contributed by atoms with Crippen molar-refractivity contribution in [2.24, 2.45) is 34.0 Å². The smallest absolute Gasteiger partial charge is 0.245 e. The van der Waals surface area contributed by atoms with Crippen LogP contribution in [0.25, 0.3) is 5.57 Å². The van der Waals surface area contributed by atoms with Crippen LogP contribution >= 0.6 is 0 Å². The Morgan fingerprint density at radius 3 is 2.30 bits per heavy atom. The second-order valence-corrected chi connectivity index (χ2v) is 16.0. The molecule has 6 amide bonds. The first-order chi connectivity index (χ1) is 27.3. The molecular formula is C41H59N9O7. The molecule has 2 aliphatic carbocycles. The lowest BCUT2D eigenvalue weighted by Gasteiger charge is -2.31. The molecule has 1 aromatic rings. The van der Waals surface area contributed by atoms with Gasteiger partial charge in [0.05, 0.1) is 6.04 Å². The summed E-state index contributed by atoms with van der Waals surface area (Å²) in [6, 6.07) is 2.46. The van der Waals surface area contributed by atoms with Crippen LogP contribution in [0.15, 0.2) is 35.3 Å². The summed E-state index contributed by atoms with van der Waals surface area (Å²) in [6.45, 7) is 2.01. The van der Waals surface area contributed by atoms with Crippen LogP contribution in [0.5, 0.6) is 0 Å². The number of primary amides is 1. The van der Waals surface area contributed by atoms with E-state index in [4.69, 9.17) is 17.2 Å². The molecular weight excluding hydrogens is 731 g/mol. The molecule has 6 atom stereocenters. The van der Waals surface area contributed by atoms with Crippen molar-refractivity contribution in [3.05, 3.63) is 41.5 Å². The molecule has 10 N–H and O–H groups in total. The minimum absolute atomic E-state index is 0.0584. The summed E-state index contributed by atoms with van der Waals surface area (Å²) in [5.74, 6) is -4.61. The Morgan fingerprint density at radius 1 is 0.842 bits per heavy atom. The summed E-state index contributed by atoms with van der Waals surface area (Å²) in [5, 5.41) is 11.1. The molecule has 5 rings (SSSR count). The van der Waals surface area contributed by atoms with Crippen LogP contribution in [0, 0.1) is 11.8 Å². The Balaban J connectivity index is 1.50. The van der Waals surface area contributed by atoms with Gasteiger partial charge in [0.1, 0.15) is 24.2 Å². The van der Waals surface area contributed by atoms with Crippen molar-refractivity contribution < 1.29 is 33.6 Å². The molecule has 2 heterocycles. The number of fused-ring (bicyclic) bond motifs is 2. The number of hydrogen-bond acceptors (Lipinski definition) is 8. The Kier molecular flexibility index (Phi) is 15.2. The molecule has 0 unspecified atom stereocenters. The quantitative estimate of drug-likeness (QED) is 0.106. The summed E-state index contributed by atoms with van der Waals surface area (Å²) in [7, 11) is 0. The zero-order valence-electron chi connectivity index (χ0n) is 32.9. The summed E-state index contributed by atoms with van der Waals surface area (Å²) in [4.78, 5) is 102. The second-order valence-electron chi connectivity index (χ2n) is 16.0. The number of amides is 6. The highest BCUT2D eigenvalue weighted by Gasteiger charge is 2.39. The number of benzene rings is 1. The lowest BCUT2D eigenvalue weighted by atomic mass is 9.80. The number of Topliss-reactive ketones (excluding diaryl/α,β-unsaturated/α-hetero) is 1. The Hall–Kier alpha value is -5.28. The van der Waals surface area contributed by atoms with Gasteiger partial charge in [-0.2, -0.15) is 0 Å². The molecule has 4 aliphatic rings. The lowest BCUT2D eigenvalue weighted by molar-refractivity contribution is -0.141. The molecule has 3 fully saturated rings. The number of carbonyl (C=O) groups excluding carboxylic acids is 7. The Bertz CT molecular complexity index is 1740. The number of ketones is 1. The van der Waals surface area contributed by atoms with Crippen LogP contribution in [0.3, 0.4) is 0 Å². The van der Waals surface area contributed by atoms with Crippen molar-refractivity contribution in [1.29, 1.82) is 0 Å². The number of allylic oxidation sites excluding steroid dienone is 1. The first-order valence-corrected chi connectivity index (χ1v) is 20.5. The Morgan fingerprint density at radius 2 is 1.56 bits per heavy atom. The molecule has 16 nitrogen and oxygen atoms in total. The number of nitrogens with two attached hydrogens (primary N) is 3. The van der Waals surface area contributed by atoms with Crippen molar-refractivity contribution in [3.63, 3.8) is 0 Å². The first kappa shape index (κ1) is 42.9. The third-order valence-electron chi connectivity index (χ3n) is 11.7. The first-order valence-electron chi connectivity index (χ1n) is 20.5. The molecule has 16 heteroatoms. The van der Waals surface area contributed by atoms with E-state index in [0.29, 0.717) is 32.2 Å². The fourth-order valence-electron chi connectivity index (χ4n) is 8.62. The second kappa shape index (κ2) is 20.2. The maximum Gasteiger partial charge on any atom is 0.245 e. The van der Waals surface area contributed by atoms with Crippen LogP contribution in [0.4, 0.5) is 0 Å². The fraction of sp³-hybridized carbons (Fsp3) is 0.610. The molecule has 1 aromatic carbocycles. The van der Waals surface area contributed by atoms with Crippen LogP contribution in [-0.4, -0.2) is 95.4 Å². The monoisotopic (exact) mass is 789 g/mol. The fourth-order valence-corrected chi connectivity index (χ4v) is 8.62. The predicted octanol–water partition coefficient (Wildman–Crippen LogP) is 0.845. The zero-order chi connectivity index (χ0) is 41.1. The third kappa shape index (κ3) is 11.9. The van der Waals surface area contributed by atoms with Gasteiger partial charge in [0.15, 0.2) is 11.7 Å². The van der Waals surface area contributed by atoms with Gasteiger partial charge in [-0.25, -0.2) is 0 Å². The van der Waals surface area contributed by atoms with E-state index in [1.165, 1.54) is 11.8 Å². The van der Waals surface area contributed by atoms with Crippen molar-refractivity contribution >= 4 is 52.8 Å². The number of nitrogens with zero attached hydrogens (tertiary/aromatic N) is 2. The van der Waals surface area contributed by atoms with E-state index >= 15 is 0 Å². The molecule has 1 saturated carbocycles. The van der Waals surface area contributed by atoms with Crippen LogP contribution in [0.1, 0.15) is 108 Å². The SMILES string of the molecule is C[C@@H]1NC(=O)CC[C@@H](C(N)=O)NC(=O)[C@H](CCCN=C(N)N)NC(=O)[C@H](CC2=CCc3ccccc32)NC(=O)[C@@H](CC2CCCCC2)CC(=O)[C@@H]2CCCN2C1=O. The zero-order valence-corrected chi connectivity index (χ0v) is 32.9. The van der Waals surface area contributed by atoms with E-state index in [9.17, 15) is 33.6 Å². The van der Waals surface area contributed by atoms with Gasteiger partial charge in [0.25, 0.3) is 0 Å². The molecule has 0 bridgehead atoms. The van der Waals surface area contributed by atoms with Gasteiger partial charge in [-0.05, 0) is 74.5 Å². The van der Waals surface area contributed by atoms with E-state index in [2.05, 4.69) is 26.3 Å². The highest BCUT2D eigenvalue weighted by molar-refractivity contribution is 5.98. The average molecular weight is 790 g/mol. The minimum Gasteiger partial charge on any atom is -0.370 e. The van der Waals surface area contributed by atoms with E-state index in [-0.39, 0.29) is 62.7 Å². The lowest BCUT2D eigenvalue weighted by Crippen LogP contribution is -2.57. The molecule has 2 saturated heterocycles. The number of aliphatic imine (C=N–C) groups is 1. The summed E-state index contributed by atoms with van der Waals surface area (Å²) in [6.07, 6.45) is 9.10. The number of nitrogens with one attached hydrogen (secondary N) is 4. The standard InChI is InChI=1S/C41H59N9O7/c1-24-40(57)50-20-8-14-33(50)34(51)23-28(21-25-9-3-2-4-10-25)37(54)49-32(22-27-16-15-26-11-5-6-12-29(26)27)39(56)48-31(13-7-19-45-41(43)44)38(55)47-30(36(42)53)17-18-35(52)46-24/h5-6,11-12,16,24-25,28,30-33H,2-4,7-10,13-15,17-23H2,1H3,(H2,42,53)(H,46,52)(H,47,55)(H,48,56)(H,49,54)(H4,43,44,45)/t24-,28-,30-,31-,32-,33-/m0/s1. The van der Waals surface area contributed by atoms with Crippen molar-refractivity contribution in [2.45, 2.75) is 133 Å². The van der Waals surface area contributed by atoms with Gasteiger partial charge in [0.2, 0.25) is 35.4 Å². The predicted molar refractivity (Wildman–Crippen MR) is 214 cm³/mol. The number of carbonyl (C=O) groups is 7. The molecule has 57 heavy (non-hydrogen) atoms. The van der Waals surface area contributed by atoms with E-state index in [0.717, 1.165) is 48.8 Å². The van der Waals surface area contributed by atoms with E-state index in [1.54, 1.807) is 0 Å². The Labute approximate surface area is 333 Å². The van der Waals surface area contributed by atoms with Gasteiger partial charge in [0, 0.05) is 38.3 Å². The number of hydrogen-bond donors (Lipinski definition) is 7. The van der Waals surface area contributed by atoms with Crippen molar-refractivity contribution in [3.8, 4) is 0 Å². The van der Waals surface area contributed by atoms with Crippen molar-refractivity contribution in [1.82, 2.24) is 26.2 Å². The molecule has 310 valence electrons. The summed E-state index contributed by atoms with van der Waals surface area (Å²) in [5.41, 5.74) is 19.6. The van der Waals surface area contributed by atoms with Gasteiger partial charge < -0.3 is 43.4 Å². The minimum atomic E-state index is -1.28. The van der Waals surface area contributed by atoms with Crippen LogP contribution < -0.4 is 38.5 Å². The maximum absolute atomic E-state index is 14.5. The summed E-state index contributed by atoms with van der Waals surface area (Å²) < 4.78 is 0. The number of guanidine groups is 1. The molecule has 0 aromatic heterocycles. The van der Waals surface area contributed by atoms with E-state index < -0.39 is 71.6 Å². The van der Waals surface area contributed by atoms with Crippen LogP contribution in [0.2, 0.25) is 0 Å². The molecule has 2 aliphatic heterocycles. The largest absolute Gasteiger partial charge is 0.370 e. The molecule has 0 spiro atoms. The van der Waals surface area contributed by atoms with Gasteiger partial charge in [-0.1, -0.05) is 62.4 Å². The van der Waals surface area contributed by atoms with Gasteiger partial charge in [-0.15, -0.1) is 0 Å². The number of rotatable bonds is 9. The van der Waals surface area contributed by atoms with Crippen molar-refractivity contribution in [2.75, 3.05) is 13.1 Å². The van der Waals surface area contributed by atoms with Gasteiger partial charge in [-0.3, -0.25) is 38.6 Å². The van der Waals surface area contributed by atoms with Crippen LogP contribution in [-0.2, 0) is 40.0 Å². The highest BCUT2D eigenvalue weighted by Crippen LogP contribution is 2.33.